The molecule has 0 fully saturated rings. The summed E-state index contributed by atoms with van der Waals surface area (Å²) in [6.07, 6.45) is 3.72. The monoisotopic (exact) mass is 288 g/mol. The molecule has 4 nitrogen and oxygen atoms in total. The number of rotatable bonds is 1. The number of hydrogen-bond donors (Lipinski definition) is 1. The first-order chi connectivity index (χ1) is 8.24. The van der Waals surface area contributed by atoms with Crippen molar-refractivity contribution in [3.8, 4) is 5.69 Å². The zero-order valence-corrected chi connectivity index (χ0v) is 10.4. The number of hydrogen-bond acceptors (Lipinski definition) is 3. The SMILES string of the molecule is Nc1ccc2ccn(-c3ccnc(Br)c3)c2n1. The Morgan fingerprint density at radius 1 is 1.18 bits per heavy atom. The molecular formula is C12H9BrN4. The fraction of sp³-hybridized carbons (Fsp3) is 0. The molecule has 3 rings (SSSR count). The Balaban J connectivity index is 2.27. The summed E-state index contributed by atoms with van der Waals surface area (Å²) in [4.78, 5) is 8.45. The minimum absolute atomic E-state index is 0.519. The normalized spacial score (nSPS) is 10.9. The number of nitrogens with zero attached hydrogens (tertiary/aromatic N) is 3. The topological polar surface area (TPSA) is 56.7 Å². The average Bonchev–Trinajstić information content (AvgIpc) is 2.71. The summed E-state index contributed by atoms with van der Waals surface area (Å²) in [7, 11) is 0. The molecule has 84 valence electrons. The van der Waals surface area contributed by atoms with Crippen LogP contribution >= 0.6 is 15.9 Å². The van der Waals surface area contributed by atoms with Crippen LogP contribution in [-0.4, -0.2) is 14.5 Å². The highest BCUT2D eigenvalue weighted by Crippen LogP contribution is 2.21. The van der Waals surface area contributed by atoms with Gasteiger partial charge in [0.25, 0.3) is 0 Å². The molecule has 0 aromatic carbocycles. The van der Waals surface area contributed by atoms with Crippen molar-refractivity contribution in [2.75, 3.05) is 5.73 Å². The fourth-order valence-corrected chi connectivity index (χ4v) is 2.13. The van der Waals surface area contributed by atoms with Gasteiger partial charge in [-0.2, -0.15) is 0 Å². The molecule has 0 amide bonds. The number of nitrogen functional groups attached to an aromatic ring is 1. The zero-order chi connectivity index (χ0) is 11.8. The molecule has 17 heavy (non-hydrogen) atoms. The Morgan fingerprint density at radius 2 is 2.06 bits per heavy atom. The lowest BCUT2D eigenvalue weighted by atomic mass is 10.3. The number of nitrogens with two attached hydrogens (primary N) is 1. The molecule has 0 bridgehead atoms. The Labute approximate surface area is 106 Å². The number of aromatic nitrogens is 3. The minimum atomic E-state index is 0.519. The lowest BCUT2D eigenvalue weighted by molar-refractivity contribution is 1.08. The number of fused-ring (bicyclic) bond motifs is 1. The standard InChI is InChI=1S/C12H9BrN4/c13-10-7-9(3-5-15-10)17-6-4-8-1-2-11(14)16-12(8)17/h1-7H,(H2,14,16). The quantitative estimate of drug-likeness (QED) is 0.701. The van der Waals surface area contributed by atoms with E-state index in [9.17, 15) is 0 Å². The van der Waals surface area contributed by atoms with Crippen LogP contribution in [0.3, 0.4) is 0 Å². The maximum atomic E-state index is 5.71. The summed E-state index contributed by atoms with van der Waals surface area (Å²) in [6, 6.07) is 9.63. The van der Waals surface area contributed by atoms with Gasteiger partial charge in [-0.15, -0.1) is 0 Å². The van der Waals surface area contributed by atoms with Gasteiger partial charge in [0.1, 0.15) is 16.1 Å². The van der Waals surface area contributed by atoms with E-state index in [1.54, 1.807) is 12.3 Å². The molecule has 0 unspecified atom stereocenters. The van der Waals surface area contributed by atoms with Crippen molar-refractivity contribution in [1.29, 1.82) is 0 Å². The summed E-state index contributed by atoms with van der Waals surface area (Å²) in [5, 5.41) is 1.06. The van der Waals surface area contributed by atoms with Gasteiger partial charge in [-0.1, -0.05) is 0 Å². The second-order valence-electron chi connectivity index (χ2n) is 3.67. The summed E-state index contributed by atoms with van der Waals surface area (Å²) in [5.41, 5.74) is 7.56. The molecule has 0 spiro atoms. The predicted octanol–water partition coefficient (Wildman–Crippen LogP) is 2.77. The van der Waals surface area contributed by atoms with E-state index >= 15 is 0 Å². The average molecular weight is 289 g/mol. The molecule has 0 atom stereocenters. The summed E-state index contributed by atoms with van der Waals surface area (Å²) < 4.78 is 2.78. The van der Waals surface area contributed by atoms with E-state index < -0.39 is 0 Å². The van der Waals surface area contributed by atoms with E-state index in [-0.39, 0.29) is 0 Å². The molecule has 3 aromatic heterocycles. The lowest BCUT2D eigenvalue weighted by Gasteiger charge is -2.05. The predicted molar refractivity (Wildman–Crippen MR) is 71.0 cm³/mol. The van der Waals surface area contributed by atoms with Crippen molar-refractivity contribution < 1.29 is 0 Å². The van der Waals surface area contributed by atoms with Crippen LogP contribution in [0.1, 0.15) is 0 Å². The first kappa shape index (κ1) is 10.3. The minimum Gasteiger partial charge on any atom is -0.384 e. The van der Waals surface area contributed by atoms with Crippen LogP contribution in [0.15, 0.2) is 47.3 Å². The van der Waals surface area contributed by atoms with Gasteiger partial charge in [0.2, 0.25) is 0 Å². The molecule has 3 heterocycles. The lowest BCUT2D eigenvalue weighted by Crippen LogP contribution is -1.96. The van der Waals surface area contributed by atoms with Gasteiger partial charge in [-0.25, -0.2) is 9.97 Å². The Kier molecular flexibility index (Phi) is 2.33. The van der Waals surface area contributed by atoms with Gasteiger partial charge in [-0.3, -0.25) is 0 Å². The molecule has 0 aliphatic heterocycles. The molecule has 0 saturated heterocycles. The summed E-state index contributed by atoms with van der Waals surface area (Å²) in [6.45, 7) is 0. The van der Waals surface area contributed by atoms with Crippen LogP contribution in [0.2, 0.25) is 0 Å². The van der Waals surface area contributed by atoms with E-state index in [1.807, 2.05) is 35.0 Å². The second-order valence-corrected chi connectivity index (χ2v) is 4.48. The van der Waals surface area contributed by atoms with E-state index in [0.717, 1.165) is 21.3 Å². The molecule has 0 saturated carbocycles. The van der Waals surface area contributed by atoms with Gasteiger partial charge in [0.15, 0.2) is 0 Å². The van der Waals surface area contributed by atoms with Crippen molar-refractivity contribution in [2.24, 2.45) is 0 Å². The van der Waals surface area contributed by atoms with E-state index in [0.29, 0.717) is 5.82 Å². The first-order valence-electron chi connectivity index (χ1n) is 5.09. The first-order valence-corrected chi connectivity index (χ1v) is 5.89. The highest BCUT2D eigenvalue weighted by molar-refractivity contribution is 9.10. The van der Waals surface area contributed by atoms with Gasteiger partial charge in [0, 0.05) is 17.8 Å². The van der Waals surface area contributed by atoms with Crippen molar-refractivity contribution >= 4 is 32.8 Å². The van der Waals surface area contributed by atoms with Crippen molar-refractivity contribution in [1.82, 2.24) is 14.5 Å². The van der Waals surface area contributed by atoms with Crippen LogP contribution in [0.5, 0.6) is 0 Å². The van der Waals surface area contributed by atoms with Gasteiger partial charge >= 0.3 is 0 Å². The fourth-order valence-electron chi connectivity index (χ4n) is 1.77. The van der Waals surface area contributed by atoms with Crippen LogP contribution in [-0.2, 0) is 0 Å². The Hall–Kier alpha value is -1.88. The summed E-state index contributed by atoms with van der Waals surface area (Å²) in [5.74, 6) is 0.519. The smallest absolute Gasteiger partial charge is 0.146 e. The van der Waals surface area contributed by atoms with Crippen LogP contribution in [0.4, 0.5) is 5.82 Å². The molecular weight excluding hydrogens is 280 g/mol. The molecule has 0 aliphatic rings. The van der Waals surface area contributed by atoms with Crippen LogP contribution in [0.25, 0.3) is 16.7 Å². The van der Waals surface area contributed by atoms with Crippen LogP contribution in [0, 0.1) is 0 Å². The third-order valence-electron chi connectivity index (χ3n) is 2.55. The number of anilines is 1. The Morgan fingerprint density at radius 3 is 2.88 bits per heavy atom. The molecule has 2 N–H and O–H groups in total. The van der Waals surface area contributed by atoms with Crippen molar-refractivity contribution in [3.05, 3.63) is 47.3 Å². The van der Waals surface area contributed by atoms with Crippen LogP contribution < -0.4 is 5.73 Å². The number of pyridine rings is 2. The third kappa shape index (κ3) is 1.78. The maximum absolute atomic E-state index is 5.71. The molecule has 0 radical (unpaired) electrons. The number of halogens is 1. The molecule has 0 aliphatic carbocycles. The molecule has 3 aromatic rings. The van der Waals surface area contributed by atoms with Gasteiger partial charge in [-0.05, 0) is 46.3 Å². The second kappa shape index (κ2) is 3.85. The zero-order valence-electron chi connectivity index (χ0n) is 8.84. The highest BCUT2D eigenvalue weighted by atomic mass is 79.9. The van der Waals surface area contributed by atoms with E-state index in [4.69, 9.17) is 5.73 Å². The third-order valence-corrected chi connectivity index (χ3v) is 2.98. The summed E-state index contributed by atoms with van der Waals surface area (Å²) >= 11 is 3.36. The maximum Gasteiger partial charge on any atom is 0.146 e. The van der Waals surface area contributed by atoms with Crippen molar-refractivity contribution in [2.45, 2.75) is 0 Å². The van der Waals surface area contributed by atoms with Gasteiger partial charge in [0.05, 0.1) is 5.69 Å². The highest BCUT2D eigenvalue weighted by Gasteiger charge is 2.05. The Bertz CT molecular complexity index is 690. The van der Waals surface area contributed by atoms with E-state index in [2.05, 4.69) is 25.9 Å². The van der Waals surface area contributed by atoms with Crippen molar-refractivity contribution in [3.63, 3.8) is 0 Å². The van der Waals surface area contributed by atoms with E-state index in [1.165, 1.54) is 0 Å². The molecule has 5 heteroatoms. The largest absolute Gasteiger partial charge is 0.384 e. The van der Waals surface area contributed by atoms with Gasteiger partial charge < -0.3 is 10.3 Å².